The third kappa shape index (κ3) is 2.27. The van der Waals surface area contributed by atoms with Crippen LogP contribution in [0.3, 0.4) is 0 Å². The summed E-state index contributed by atoms with van der Waals surface area (Å²) in [7, 11) is 0. The van der Waals surface area contributed by atoms with Crippen LogP contribution < -0.4 is 0 Å². The van der Waals surface area contributed by atoms with Crippen molar-refractivity contribution in [2.24, 2.45) is 5.92 Å². The van der Waals surface area contributed by atoms with Crippen molar-refractivity contribution in [3.63, 3.8) is 0 Å². The van der Waals surface area contributed by atoms with E-state index >= 15 is 0 Å². The zero-order valence-electron chi connectivity index (χ0n) is 11.5. The fraction of sp³-hybridized carbons (Fsp3) is 0.562. The SMILES string of the molecule is CCC(=O)[C@H]1[C@@H](c2ccc(F)cc2)CC2CC(O)[C@H]1O2. The van der Waals surface area contributed by atoms with Crippen LogP contribution in [0.4, 0.5) is 4.39 Å². The van der Waals surface area contributed by atoms with E-state index in [0.29, 0.717) is 12.8 Å². The standard InChI is InChI=1S/C16H19FO3/c1-2-13(18)15-12(9-3-5-10(17)6-4-9)7-11-8-14(19)16(15)20-11/h3-6,11-12,14-16,19H,2,7-8H2,1H3/t11?,12-,14?,15-,16-/m1/s1. The number of aliphatic hydroxyl groups excluding tert-OH is 1. The highest BCUT2D eigenvalue weighted by Crippen LogP contribution is 2.46. The fourth-order valence-electron chi connectivity index (χ4n) is 3.60. The zero-order chi connectivity index (χ0) is 14.3. The number of carbonyl (C=O) groups is 1. The zero-order valence-corrected chi connectivity index (χ0v) is 11.5. The molecule has 0 amide bonds. The maximum absolute atomic E-state index is 13.1. The number of fused-ring (bicyclic) bond motifs is 2. The van der Waals surface area contributed by atoms with E-state index in [1.54, 1.807) is 12.1 Å². The molecule has 1 aromatic carbocycles. The average Bonchev–Trinajstić information content (AvgIpc) is 2.74. The van der Waals surface area contributed by atoms with Crippen molar-refractivity contribution < 1.29 is 19.0 Å². The second kappa shape index (κ2) is 5.26. The summed E-state index contributed by atoms with van der Waals surface area (Å²) >= 11 is 0. The number of halogens is 1. The van der Waals surface area contributed by atoms with E-state index in [1.807, 2.05) is 6.92 Å². The van der Waals surface area contributed by atoms with E-state index in [4.69, 9.17) is 4.74 Å². The van der Waals surface area contributed by atoms with Crippen LogP contribution in [0.15, 0.2) is 24.3 Å². The highest BCUT2D eigenvalue weighted by molar-refractivity contribution is 5.82. The summed E-state index contributed by atoms with van der Waals surface area (Å²) in [5.74, 6) is -0.464. The number of rotatable bonds is 3. The van der Waals surface area contributed by atoms with Gasteiger partial charge in [-0.25, -0.2) is 4.39 Å². The third-order valence-corrected chi connectivity index (χ3v) is 4.56. The van der Waals surface area contributed by atoms with Gasteiger partial charge in [0, 0.05) is 12.8 Å². The molecule has 2 aliphatic rings. The van der Waals surface area contributed by atoms with Gasteiger partial charge in [0.05, 0.1) is 24.2 Å². The Hall–Kier alpha value is -1.26. The molecular weight excluding hydrogens is 259 g/mol. The van der Waals surface area contributed by atoms with E-state index in [1.165, 1.54) is 12.1 Å². The topological polar surface area (TPSA) is 46.5 Å². The molecule has 20 heavy (non-hydrogen) atoms. The average molecular weight is 278 g/mol. The summed E-state index contributed by atoms with van der Waals surface area (Å²) < 4.78 is 18.8. The molecule has 2 saturated heterocycles. The molecule has 2 fully saturated rings. The molecule has 2 aliphatic heterocycles. The van der Waals surface area contributed by atoms with Crippen molar-refractivity contribution in [3.8, 4) is 0 Å². The summed E-state index contributed by atoms with van der Waals surface area (Å²) in [4.78, 5) is 12.3. The number of hydrogen-bond donors (Lipinski definition) is 1. The molecule has 2 heterocycles. The maximum atomic E-state index is 13.1. The van der Waals surface area contributed by atoms with Gasteiger partial charge in [-0.3, -0.25) is 4.79 Å². The molecular formula is C16H19FO3. The second-order valence-electron chi connectivity index (χ2n) is 5.77. The van der Waals surface area contributed by atoms with E-state index in [9.17, 15) is 14.3 Å². The molecule has 1 aromatic rings. The molecule has 5 atom stereocenters. The van der Waals surface area contributed by atoms with Crippen LogP contribution in [-0.4, -0.2) is 29.2 Å². The molecule has 0 spiro atoms. The Morgan fingerprint density at radius 3 is 2.70 bits per heavy atom. The molecule has 3 rings (SSSR count). The minimum Gasteiger partial charge on any atom is -0.390 e. The van der Waals surface area contributed by atoms with Gasteiger partial charge in [0.25, 0.3) is 0 Å². The Morgan fingerprint density at radius 2 is 2.05 bits per heavy atom. The Labute approximate surface area is 117 Å². The van der Waals surface area contributed by atoms with Gasteiger partial charge in [-0.2, -0.15) is 0 Å². The van der Waals surface area contributed by atoms with E-state index in [-0.39, 0.29) is 29.5 Å². The summed E-state index contributed by atoms with van der Waals surface area (Å²) in [6.45, 7) is 1.83. The lowest BCUT2D eigenvalue weighted by Gasteiger charge is -2.36. The number of ketones is 1. The lowest BCUT2D eigenvalue weighted by atomic mass is 9.76. The Bertz CT molecular complexity index is 499. The quantitative estimate of drug-likeness (QED) is 0.923. The summed E-state index contributed by atoms with van der Waals surface area (Å²) in [6.07, 6.45) is 0.776. The van der Waals surface area contributed by atoms with Gasteiger partial charge < -0.3 is 9.84 Å². The van der Waals surface area contributed by atoms with Crippen molar-refractivity contribution in [3.05, 3.63) is 35.6 Å². The number of hydrogen-bond acceptors (Lipinski definition) is 3. The molecule has 0 aromatic heterocycles. The Morgan fingerprint density at radius 1 is 1.35 bits per heavy atom. The van der Waals surface area contributed by atoms with Crippen molar-refractivity contribution >= 4 is 5.78 Å². The summed E-state index contributed by atoms with van der Waals surface area (Å²) in [6, 6.07) is 6.34. The van der Waals surface area contributed by atoms with Crippen LogP contribution in [0, 0.1) is 11.7 Å². The van der Waals surface area contributed by atoms with E-state index in [0.717, 1.165) is 12.0 Å². The molecule has 4 heteroatoms. The van der Waals surface area contributed by atoms with Crippen molar-refractivity contribution in [2.75, 3.05) is 0 Å². The number of ether oxygens (including phenoxy) is 1. The first kappa shape index (κ1) is 13.7. The highest BCUT2D eigenvalue weighted by Gasteiger charge is 2.50. The van der Waals surface area contributed by atoms with Gasteiger partial charge in [0.2, 0.25) is 0 Å². The number of benzene rings is 1. The van der Waals surface area contributed by atoms with Gasteiger partial charge in [0.1, 0.15) is 11.6 Å². The molecule has 108 valence electrons. The van der Waals surface area contributed by atoms with Crippen LogP contribution in [-0.2, 0) is 9.53 Å². The molecule has 3 nitrogen and oxygen atoms in total. The van der Waals surface area contributed by atoms with Crippen LogP contribution >= 0.6 is 0 Å². The van der Waals surface area contributed by atoms with Crippen LogP contribution in [0.2, 0.25) is 0 Å². The van der Waals surface area contributed by atoms with Gasteiger partial charge in [-0.05, 0) is 30.0 Å². The summed E-state index contributed by atoms with van der Waals surface area (Å²) in [5.41, 5.74) is 0.964. The highest BCUT2D eigenvalue weighted by atomic mass is 19.1. The van der Waals surface area contributed by atoms with Gasteiger partial charge in [0.15, 0.2) is 0 Å². The largest absolute Gasteiger partial charge is 0.390 e. The fourth-order valence-corrected chi connectivity index (χ4v) is 3.60. The predicted molar refractivity (Wildman–Crippen MR) is 71.8 cm³/mol. The lowest BCUT2D eigenvalue weighted by Crippen LogP contribution is -2.42. The van der Waals surface area contributed by atoms with Crippen molar-refractivity contribution in [2.45, 2.75) is 50.4 Å². The van der Waals surface area contributed by atoms with Crippen LogP contribution in [0.25, 0.3) is 0 Å². The monoisotopic (exact) mass is 278 g/mol. The second-order valence-corrected chi connectivity index (χ2v) is 5.77. The van der Waals surface area contributed by atoms with Crippen molar-refractivity contribution in [1.82, 2.24) is 0 Å². The molecule has 2 bridgehead atoms. The predicted octanol–water partition coefficient (Wildman–Crippen LogP) is 2.43. The first-order valence-electron chi connectivity index (χ1n) is 7.22. The normalized spacial score (nSPS) is 36.0. The first-order chi connectivity index (χ1) is 9.60. The lowest BCUT2D eigenvalue weighted by molar-refractivity contribution is -0.137. The minimum absolute atomic E-state index is 0.00552. The molecule has 0 aliphatic carbocycles. The number of aliphatic hydroxyl groups is 1. The van der Waals surface area contributed by atoms with Gasteiger partial charge >= 0.3 is 0 Å². The Balaban J connectivity index is 1.95. The Kier molecular flexibility index (Phi) is 3.61. The number of Topliss-reactive ketones (excluding diaryl/α,β-unsaturated/α-hetero) is 1. The smallest absolute Gasteiger partial charge is 0.139 e. The van der Waals surface area contributed by atoms with Gasteiger partial charge in [-0.1, -0.05) is 19.1 Å². The van der Waals surface area contributed by atoms with Crippen molar-refractivity contribution in [1.29, 1.82) is 0 Å². The van der Waals surface area contributed by atoms with Gasteiger partial charge in [-0.15, -0.1) is 0 Å². The van der Waals surface area contributed by atoms with E-state index < -0.39 is 12.2 Å². The molecule has 2 unspecified atom stereocenters. The van der Waals surface area contributed by atoms with E-state index in [2.05, 4.69) is 0 Å². The molecule has 0 radical (unpaired) electrons. The third-order valence-electron chi connectivity index (χ3n) is 4.56. The van der Waals surface area contributed by atoms with Crippen LogP contribution in [0.5, 0.6) is 0 Å². The maximum Gasteiger partial charge on any atom is 0.139 e. The number of carbonyl (C=O) groups excluding carboxylic acids is 1. The minimum atomic E-state index is -0.564. The first-order valence-corrected chi connectivity index (χ1v) is 7.22. The summed E-state index contributed by atoms with van der Waals surface area (Å²) in [5, 5.41) is 10.1. The molecule has 0 saturated carbocycles. The van der Waals surface area contributed by atoms with Crippen LogP contribution in [0.1, 0.15) is 37.7 Å². The molecule has 1 N–H and O–H groups in total.